The number of nitroso groups, excluding NO2 is 4. The summed E-state index contributed by atoms with van der Waals surface area (Å²) in [5.41, 5.74) is -1.66. The van der Waals surface area contributed by atoms with Crippen molar-refractivity contribution in [3.63, 3.8) is 0 Å². The summed E-state index contributed by atoms with van der Waals surface area (Å²) in [4.78, 5) is 70.8. The van der Waals surface area contributed by atoms with Crippen molar-refractivity contribution in [2.45, 2.75) is 13.3 Å². The van der Waals surface area contributed by atoms with Crippen LogP contribution in [0.5, 0.6) is 0 Å². The predicted octanol–water partition coefficient (Wildman–Crippen LogP) is 4.19. The molecule has 1 aromatic carbocycles. The molecule has 2 aliphatic carbocycles. The minimum absolute atomic E-state index is 0.199. The third-order valence-electron chi connectivity index (χ3n) is 4.60. The quantitative estimate of drug-likeness (QED) is 0.723. The predicted molar refractivity (Wildman–Crippen MR) is 90.0 cm³/mol. The second-order valence-corrected chi connectivity index (χ2v) is 5.74. The zero-order valence-electron chi connectivity index (χ0n) is 13.3. The van der Waals surface area contributed by atoms with E-state index in [-0.39, 0.29) is 29.2 Å². The normalized spacial score (nSPS) is 21.5. The molecule has 10 heteroatoms. The average Bonchev–Trinajstić information content (AvgIpc) is 2.68. The third-order valence-corrected chi connectivity index (χ3v) is 4.60. The lowest BCUT2D eigenvalue weighted by Gasteiger charge is -2.33. The van der Waals surface area contributed by atoms with Gasteiger partial charge in [-0.2, -0.15) is 0 Å². The van der Waals surface area contributed by atoms with Gasteiger partial charge in [-0.25, -0.2) is 0 Å². The van der Waals surface area contributed by atoms with Gasteiger partial charge in [0.2, 0.25) is 0 Å². The molecule has 0 amide bonds. The summed E-state index contributed by atoms with van der Waals surface area (Å²) in [6, 6.07) is 2.17. The fraction of sp³-hybridized carbons (Fsp3) is 0.250. The molecule has 3 rings (SSSR count). The van der Waals surface area contributed by atoms with E-state index < -0.39 is 34.5 Å². The minimum atomic E-state index is -1.40. The maximum atomic E-state index is 13.0. The number of hydrogen-bond acceptors (Lipinski definition) is 10. The summed E-state index contributed by atoms with van der Waals surface area (Å²) in [5.74, 6) is -4.42. The van der Waals surface area contributed by atoms with Gasteiger partial charge in [-0.15, -0.1) is 19.6 Å². The highest BCUT2D eigenvalue weighted by molar-refractivity contribution is 6.22. The lowest BCUT2D eigenvalue weighted by molar-refractivity contribution is 0.0783. The maximum absolute atomic E-state index is 13.0. The standard InChI is InChI=1S/C16H10N4O6/c1-2-6-5-9(19-25)12-13(14(6)20-26)16(22)11-8(18-24)4-3-7(17-23)10(11)15(12)21/h3-5,12-13H,2H2,1H3. The van der Waals surface area contributed by atoms with Gasteiger partial charge in [-0.05, 0) is 50.9 Å². The monoisotopic (exact) mass is 354 g/mol. The van der Waals surface area contributed by atoms with Gasteiger partial charge in [0.05, 0.1) is 28.7 Å². The molecule has 26 heavy (non-hydrogen) atoms. The van der Waals surface area contributed by atoms with Crippen LogP contribution in [0.3, 0.4) is 0 Å². The van der Waals surface area contributed by atoms with Gasteiger partial charge in [-0.3, -0.25) is 9.59 Å². The van der Waals surface area contributed by atoms with Crippen LogP contribution in [-0.2, 0) is 0 Å². The van der Waals surface area contributed by atoms with Crippen LogP contribution >= 0.6 is 0 Å². The molecular formula is C16H10N4O6. The number of rotatable bonds is 5. The smallest absolute Gasteiger partial charge is 0.176 e. The number of fused-ring (bicyclic) bond motifs is 2. The van der Waals surface area contributed by atoms with Crippen LogP contribution in [0.2, 0.25) is 0 Å². The van der Waals surface area contributed by atoms with Gasteiger partial charge in [0.1, 0.15) is 17.1 Å². The Bertz CT molecular complexity index is 962. The molecule has 0 aliphatic heterocycles. The SMILES string of the molecule is CCC1=C(N=O)C2C(=O)c3c(N=O)ccc(N=O)c3C(=O)C2C(N=O)=C1. The molecule has 2 aliphatic rings. The van der Waals surface area contributed by atoms with E-state index in [0.29, 0.717) is 5.57 Å². The zero-order chi connectivity index (χ0) is 19.0. The van der Waals surface area contributed by atoms with Crippen molar-refractivity contribution < 1.29 is 9.59 Å². The minimum Gasteiger partial charge on any atom is -0.293 e. The van der Waals surface area contributed by atoms with E-state index in [1.54, 1.807) is 6.92 Å². The van der Waals surface area contributed by atoms with Gasteiger partial charge in [0.15, 0.2) is 11.6 Å². The fourth-order valence-electron chi connectivity index (χ4n) is 3.46. The number of carbonyl (C=O) groups is 2. The largest absolute Gasteiger partial charge is 0.293 e. The second kappa shape index (κ2) is 6.39. The van der Waals surface area contributed by atoms with E-state index in [0.717, 1.165) is 12.1 Å². The molecule has 0 N–H and O–H groups in total. The van der Waals surface area contributed by atoms with E-state index in [4.69, 9.17) is 0 Å². The van der Waals surface area contributed by atoms with E-state index in [1.165, 1.54) is 6.08 Å². The molecule has 0 radical (unpaired) electrons. The Labute approximate surface area is 145 Å². The first-order chi connectivity index (χ1) is 12.5. The summed E-state index contributed by atoms with van der Waals surface area (Å²) in [7, 11) is 0. The first kappa shape index (κ1) is 17.3. The third kappa shape index (κ3) is 2.19. The topological polar surface area (TPSA) is 152 Å². The van der Waals surface area contributed by atoms with Gasteiger partial charge >= 0.3 is 0 Å². The number of hydrogen-bond donors (Lipinski definition) is 0. The molecule has 0 saturated heterocycles. The Kier molecular flexibility index (Phi) is 4.24. The van der Waals surface area contributed by atoms with Crippen molar-refractivity contribution >= 4 is 22.9 Å². The van der Waals surface area contributed by atoms with Crippen LogP contribution in [0.15, 0.2) is 55.9 Å². The van der Waals surface area contributed by atoms with Gasteiger partial charge in [0.25, 0.3) is 0 Å². The van der Waals surface area contributed by atoms with Crippen molar-refractivity contribution in [2.24, 2.45) is 32.5 Å². The van der Waals surface area contributed by atoms with Crippen molar-refractivity contribution in [3.8, 4) is 0 Å². The summed E-state index contributed by atoms with van der Waals surface area (Å²) in [5, 5.41) is 11.1. The van der Waals surface area contributed by atoms with Crippen molar-refractivity contribution in [2.75, 3.05) is 0 Å². The first-order valence-electron chi connectivity index (χ1n) is 7.57. The summed E-state index contributed by atoms with van der Waals surface area (Å²) in [6.45, 7) is 1.68. The molecule has 0 fully saturated rings. The number of allylic oxidation sites excluding steroid dienone is 4. The number of benzene rings is 1. The molecule has 0 bridgehead atoms. The number of Topliss-reactive ketones (excluding diaryl/α,β-unsaturated/α-hetero) is 2. The maximum Gasteiger partial charge on any atom is 0.176 e. The highest BCUT2D eigenvalue weighted by Crippen LogP contribution is 2.48. The molecular weight excluding hydrogens is 344 g/mol. The fourth-order valence-corrected chi connectivity index (χ4v) is 3.46. The van der Waals surface area contributed by atoms with Crippen molar-refractivity contribution in [3.05, 3.63) is 65.9 Å². The first-order valence-corrected chi connectivity index (χ1v) is 7.57. The Hall–Kier alpha value is -3.56. The molecule has 0 saturated carbocycles. The van der Waals surface area contributed by atoms with Gasteiger partial charge < -0.3 is 0 Å². The highest BCUT2D eigenvalue weighted by Gasteiger charge is 2.51. The molecule has 130 valence electrons. The van der Waals surface area contributed by atoms with E-state index in [2.05, 4.69) is 20.7 Å². The highest BCUT2D eigenvalue weighted by atomic mass is 16.3. The number of ketones is 2. The number of carbonyl (C=O) groups excluding carboxylic acids is 2. The molecule has 2 atom stereocenters. The molecule has 1 aromatic rings. The summed E-state index contributed by atoms with van der Waals surface area (Å²) in [6.07, 6.45) is 1.52. The Morgan fingerprint density at radius 3 is 1.77 bits per heavy atom. The van der Waals surface area contributed by atoms with Crippen LogP contribution in [-0.4, -0.2) is 11.6 Å². The van der Waals surface area contributed by atoms with Crippen LogP contribution in [0.4, 0.5) is 11.4 Å². The molecule has 0 heterocycles. The van der Waals surface area contributed by atoms with Gasteiger partial charge in [0, 0.05) is 0 Å². The average molecular weight is 354 g/mol. The molecule has 2 unspecified atom stereocenters. The lowest BCUT2D eigenvalue weighted by atomic mass is 9.67. The molecule has 0 spiro atoms. The number of nitrogens with zero attached hydrogens (tertiary/aromatic N) is 4. The van der Waals surface area contributed by atoms with E-state index in [9.17, 15) is 29.2 Å². The lowest BCUT2D eigenvalue weighted by Crippen LogP contribution is -2.40. The van der Waals surface area contributed by atoms with Crippen LogP contribution < -0.4 is 0 Å². The van der Waals surface area contributed by atoms with Crippen LogP contribution in [0, 0.1) is 31.5 Å². The van der Waals surface area contributed by atoms with Gasteiger partial charge in [-0.1, -0.05) is 6.92 Å². The Morgan fingerprint density at radius 2 is 1.35 bits per heavy atom. The Balaban J connectivity index is 2.39. The van der Waals surface area contributed by atoms with E-state index >= 15 is 0 Å². The van der Waals surface area contributed by atoms with Crippen molar-refractivity contribution in [1.82, 2.24) is 0 Å². The van der Waals surface area contributed by atoms with Crippen LogP contribution in [0.1, 0.15) is 34.1 Å². The zero-order valence-corrected chi connectivity index (χ0v) is 13.3. The Morgan fingerprint density at radius 1 is 0.808 bits per heavy atom. The summed E-state index contributed by atoms with van der Waals surface area (Å²) < 4.78 is 0. The second-order valence-electron chi connectivity index (χ2n) is 5.74. The van der Waals surface area contributed by atoms with Crippen molar-refractivity contribution in [1.29, 1.82) is 0 Å². The summed E-state index contributed by atoms with van der Waals surface area (Å²) >= 11 is 0. The van der Waals surface area contributed by atoms with E-state index in [1.807, 2.05) is 0 Å². The molecule has 10 nitrogen and oxygen atoms in total. The van der Waals surface area contributed by atoms with Crippen LogP contribution in [0.25, 0.3) is 0 Å². The molecule has 0 aromatic heterocycles.